The Bertz CT molecular complexity index is 678. The summed E-state index contributed by atoms with van der Waals surface area (Å²) in [5, 5.41) is 0. The predicted molar refractivity (Wildman–Crippen MR) is 80.7 cm³/mol. The second-order valence-electron chi connectivity index (χ2n) is 5.88. The van der Waals surface area contributed by atoms with Gasteiger partial charge in [0, 0.05) is 30.7 Å². The molecule has 3 rings (SSSR count). The third kappa shape index (κ3) is 2.30. The number of hydrogen-bond donors (Lipinski definition) is 1. The van der Waals surface area contributed by atoms with E-state index in [2.05, 4.69) is 0 Å². The van der Waals surface area contributed by atoms with Crippen LogP contribution in [0, 0.1) is 0 Å². The number of sulfonamides is 1. The number of piperidine rings is 1. The first-order valence-corrected chi connectivity index (χ1v) is 8.80. The van der Waals surface area contributed by atoms with E-state index in [4.69, 9.17) is 5.73 Å². The minimum absolute atomic E-state index is 0.174. The fraction of sp³-hybridized carbons (Fsp3) is 0.500. The van der Waals surface area contributed by atoms with E-state index in [1.165, 1.54) is 10.6 Å². The molecule has 2 aliphatic heterocycles. The lowest BCUT2D eigenvalue weighted by molar-refractivity contribution is 0.236. The number of carbonyl (C=O) groups excluding carboxylic acids is 1. The summed E-state index contributed by atoms with van der Waals surface area (Å²) in [6.07, 6.45) is 2.66. The van der Waals surface area contributed by atoms with Crippen molar-refractivity contribution < 1.29 is 13.2 Å². The molecule has 114 valence electrons. The van der Waals surface area contributed by atoms with Gasteiger partial charge in [-0.25, -0.2) is 17.5 Å². The number of nitrogens with zero attached hydrogens (tertiary/aromatic N) is 2. The van der Waals surface area contributed by atoms with Crippen LogP contribution in [0.1, 0.15) is 18.4 Å². The molecular weight excluding hydrogens is 290 g/mol. The lowest BCUT2D eigenvalue weighted by Crippen LogP contribution is -2.48. The van der Waals surface area contributed by atoms with Gasteiger partial charge in [-0.05, 0) is 24.5 Å². The number of primary amides is 1. The number of fused-ring (bicyclic) bond motifs is 2. The average Bonchev–Trinajstić information content (AvgIpc) is 2.74. The van der Waals surface area contributed by atoms with E-state index in [0.717, 1.165) is 11.3 Å². The number of rotatable bonds is 1. The topological polar surface area (TPSA) is 83.7 Å². The summed E-state index contributed by atoms with van der Waals surface area (Å²) >= 11 is 0. The predicted octanol–water partition coefficient (Wildman–Crippen LogP) is 0.879. The Morgan fingerprint density at radius 3 is 2.43 bits per heavy atom. The Kier molecular flexibility index (Phi) is 3.22. The van der Waals surface area contributed by atoms with Gasteiger partial charge in [0.05, 0.1) is 6.26 Å². The van der Waals surface area contributed by atoms with Gasteiger partial charge in [-0.3, -0.25) is 4.90 Å². The van der Waals surface area contributed by atoms with Gasteiger partial charge in [-0.2, -0.15) is 0 Å². The zero-order valence-electron chi connectivity index (χ0n) is 11.9. The van der Waals surface area contributed by atoms with E-state index in [-0.39, 0.29) is 5.41 Å². The van der Waals surface area contributed by atoms with Crippen LogP contribution in [0.15, 0.2) is 24.3 Å². The fourth-order valence-electron chi connectivity index (χ4n) is 3.50. The van der Waals surface area contributed by atoms with Gasteiger partial charge in [0.2, 0.25) is 10.0 Å². The van der Waals surface area contributed by atoms with Crippen LogP contribution in [-0.2, 0) is 15.4 Å². The van der Waals surface area contributed by atoms with Crippen molar-refractivity contribution in [3.63, 3.8) is 0 Å². The molecule has 2 amide bonds. The molecule has 2 aliphatic rings. The van der Waals surface area contributed by atoms with Gasteiger partial charge < -0.3 is 5.73 Å². The number of amides is 2. The Balaban J connectivity index is 1.93. The van der Waals surface area contributed by atoms with E-state index >= 15 is 0 Å². The SMILES string of the molecule is CS(=O)(=O)N1CCC2(CC1)CN(C(N)=O)c1ccccc12. The molecule has 0 atom stereocenters. The summed E-state index contributed by atoms with van der Waals surface area (Å²) in [7, 11) is -3.15. The van der Waals surface area contributed by atoms with Crippen molar-refractivity contribution in [2.24, 2.45) is 5.73 Å². The Morgan fingerprint density at radius 1 is 1.24 bits per heavy atom. The normalized spacial score (nSPS) is 21.5. The maximum Gasteiger partial charge on any atom is 0.319 e. The van der Waals surface area contributed by atoms with Crippen molar-refractivity contribution in [2.75, 3.05) is 30.8 Å². The quantitative estimate of drug-likeness (QED) is 0.836. The molecule has 2 heterocycles. The molecule has 1 aromatic rings. The minimum Gasteiger partial charge on any atom is -0.351 e. The lowest BCUT2D eigenvalue weighted by Gasteiger charge is -2.38. The van der Waals surface area contributed by atoms with Gasteiger partial charge in [0.15, 0.2) is 0 Å². The fourth-order valence-corrected chi connectivity index (χ4v) is 4.35. The van der Waals surface area contributed by atoms with E-state index in [0.29, 0.717) is 32.5 Å². The second-order valence-corrected chi connectivity index (χ2v) is 7.87. The molecule has 0 aliphatic carbocycles. The number of benzene rings is 1. The van der Waals surface area contributed by atoms with Gasteiger partial charge in [0.1, 0.15) is 0 Å². The van der Waals surface area contributed by atoms with Crippen molar-refractivity contribution in [1.29, 1.82) is 0 Å². The van der Waals surface area contributed by atoms with Crippen LogP contribution in [0.25, 0.3) is 0 Å². The molecule has 6 nitrogen and oxygen atoms in total. The monoisotopic (exact) mass is 309 g/mol. The van der Waals surface area contributed by atoms with Gasteiger partial charge in [0.25, 0.3) is 0 Å². The molecule has 1 saturated heterocycles. The van der Waals surface area contributed by atoms with Crippen molar-refractivity contribution >= 4 is 21.7 Å². The highest BCUT2D eigenvalue weighted by Gasteiger charge is 2.46. The highest BCUT2D eigenvalue weighted by atomic mass is 32.2. The average molecular weight is 309 g/mol. The molecular formula is C14H19N3O3S. The van der Waals surface area contributed by atoms with Crippen LogP contribution in [0.3, 0.4) is 0 Å². The molecule has 0 bridgehead atoms. The molecule has 0 radical (unpaired) electrons. The zero-order chi connectivity index (χ0) is 15.3. The molecule has 21 heavy (non-hydrogen) atoms. The van der Waals surface area contributed by atoms with Crippen molar-refractivity contribution in [2.45, 2.75) is 18.3 Å². The molecule has 1 fully saturated rings. The number of hydrogen-bond acceptors (Lipinski definition) is 3. The molecule has 0 unspecified atom stereocenters. The van der Waals surface area contributed by atoms with E-state index in [1.54, 1.807) is 4.90 Å². The Morgan fingerprint density at radius 2 is 1.86 bits per heavy atom. The van der Waals surface area contributed by atoms with Gasteiger partial charge in [-0.15, -0.1) is 0 Å². The van der Waals surface area contributed by atoms with Crippen LogP contribution in [-0.4, -0.2) is 44.6 Å². The van der Waals surface area contributed by atoms with Crippen LogP contribution < -0.4 is 10.6 Å². The maximum atomic E-state index is 11.7. The molecule has 1 aromatic carbocycles. The third-order valence-corrected chi connectivity index (χ3v) is 5.94. The summed E-state index contributed by atoms with van der Waals surface area (Å²) in [4.78, 5) is 13.3. The zero-order valence-corrected chi connectivity index (χ0v) is 12.8. The highest BCUT2D eigenvalue weighted by Crippen LogP contribution is 2.46. The summed E-state index contributed by atoms with van der Waals surface area (Å²) in [6, 6.07) is 7.31. The summed E-state index contributed by atoms with van der Waals surface area (Å²) in [5.74, 6) is 0. The van der Waals surface area contributed by atoms with E-state index < -0.39 is 16.1 Å². The molecule has 1 spiro atoms. The van der Waals surface area contributed by atoms with Crippen molar-refractivity contribution in [3.05, 3.63) is 29.8 Å². The Hall–Kier alpha value is -1.60. The molecule has 0 aromatic heterocycles. The maximum absolute atomic E-state index is 11.7. The highest BCUT2D eigenvalue weighted by molar-refractivity contribution is 7.88. The summed E-state index contributed by atoms with van der Waals surface area (Å²) < 4.78 is 24.8. The molecule has 7 heteroatoms. The molecule has 0 saturated carbocycles. The smallest absolute Gasteiger partial charge is 0.319 e. The lowest BCUT2D eigenvalue weighted by atomic mass is 9.75. The standard InChI is InChI=1S/C14H19N3O3S/c1-21(19,20)16-8-6-14(7-9-16)10-17(13(15)18)12-5-3-2-4-11(12)14/h2-5H,6-10H2,1H3,(H2,15,18). The first-order chi connectivity index (χ1) is 9.83. The summed E-state index contributed by atoms with van der Waals surface area (Å²) in [6.45, 7) is 1.51. The number of urea groups is 1. The number of nitrogens with two attached hydrogens (primary N) is 1. The second kappa shape index (κ2) is 4.71. The number of anilines is 1. The number of para-hydroxylation sites is 1. The van der Waals surface area contributed by atoms with Crippen molar-refractivity contribution in [3.8, 4) is 0 Å². The first-order valence-electron chi connectivity index (χ1n) is 6.95. The summed E-state index contributed by atoms with van der Waals surface area (Å²) in [5.41, 5.74) is 7.27. The van der Waals surface area contributed by atoms with Crippen molar-refractivity contribution in [1.82, 2.24) is 4.31 Å². The largest absolute Gasteiger partial charge is 0.351 e. The third-order valence-electron chi connectivity index (χ3n) is 4.64. The number of carbonyl (C=O) groups is 1. The van der Waals surface area contributed by atoms with Gasteiger partial charge in [-0.1, -0.05) is 18.2 Å². The molecule has 2 N–H and O–H groups in total. The van der Waals surface area contributed by atoms with E-state index in [1.807, 2.05) is 24.3 Å². The van der Waals surface area contributed by atoms with E-state index in [9.17, 15) is 13.2 Å². The van der Waals surface area contributed by atoms with Crippen LogP contribution in [0.4, 0.5) is 10.5 Å². The van der Waals surface area contributed by atoms with Crippen LogP contribution in [0.2, 0.25) is 0 Å². The van der Waals surface area contributed by atoms with Crippen LogP contribution >= 0.6 is 0 Å². The Labute approximate surface area is 124 Å². The van der Waals surface area contributed by atoms with Crippen LogP contribution in [0.5, 0.6) is 0 Å². The minimum atomic E-state index is -3.15. The van der Waals surface area contributed by atoms with Gasteiger partial charge >= 0.3 is 6.03 Å². The first kappa shape index (κ1) is 14.3.